The highest BCUT2D eigenvalue weighted by molar-refractivity contribution is 5.58. The maximum absolute atomic E-state index is 13.4. The fourth-order valence-corrected chi connectivity index (χ4v) is 3.75. The van der Waals surface area contributed by atoms with Crippen LogP contribution >= 0.6 is 0 Å². The van der Waals surface area contributed by atoms with Crippen molar-refractivity contribution in [1.29, 1.82) is 0 Å². The first-order valence-corrected chi connectivity index (χ1v) is 9.31. The first kappa shape index (κ1) is 21.3. The van der Waals surface area contributed by atoms with Gasteiger partial charge in [0.2, 0.25) is 5.75 Å². The fraction of sp³-hybridized carbons (Fsp3) is 0.429. The summed E-state index contributed by atoms with van der Waals surface area (Å²) in [4.78, 5) is 2.15. The van der Waals surface area contributed by atoms with E-state index in [1.54, 1.807) is 12.1 Å². The standard InChI is InChI=1S/C21H25F3N2O3/c1-27-17-8-7-16(19(28-2)20(17)29-3)18(26-11-9-25-10-12-26)14-5-4-6-15(13-14)21(22,23)24/h4-8,13,18,25H,9-12H2,1-3H3. The van der Waals surface area contributed by atoms with E-state index in [-0.39, 0.29) is 0 Å². The molecule has 0 bridgehead atoms. The van der Waals surface area contributed by atoms with Gasteiger partial charge in [-0.1, -0.05) is 12.1 Å². The molecule has 2 aromatic rings. The van der Waals surface area contributed by atoms with Crippen molar-refractivity contribution in [3.63, 3.8) is 0 Å². The van der Waals surface area contributed by atoms with Gasteiger partial charge in [-0.15, -0.1) is 0 Å². The summed E-state index contributed by atoms with van der Waals surface area (Å²) in [6, 6.07) is 8.62. The highest BCUT2D eigenvalue weighted by atomic mass is 19.4. The lowest BCUT2D eigenvalue weighted by Gasteiger charge is -2.36. The van der Waals surface area contributed by atoms with Gasteiger partial charge in [0.05, 0.1) is 32.9 Å². The SMILES string of the molecule is COc1ccc(C(c2cccc(C(F)(F)F)c2)N2CCNCC2)c(OC)c1OC. The molecule has 8 heteroatoms. The number of hydrogen-bond acceptors (Lipinski definition) is 5. The smallest absolute Gasteiger partial charge is 0.416 e. The minimum absolute atomic E-state index is 0.416. The van der Waals surface area contributed by atoms with E-state index in [4.69, 9.17) is 14.2 Å². The van der Waals surface area contributed by atoms with Crippen molar-refractivity contribution in [2.75, 3.05) is 47.5 Å². The molecule has 1 aliphatic rings. The van der Waals surface area contributed by atoms with Gasteiger partial charge >= 0.3 is 6.18 Å². The van der Waals surface area contributed by atoms with Gasteiger partial charge in [-0.3, -0.25) is 4.90 Å². The first-order chi connectivity index (χ1) is 13.9. The second-order valence-electron chi connectivity index (χ2n) is 6.74. The topological polar surface area (TPSA) is 43.0 Å². The van der Waals surface area contributed by atoms with E-state index >= 15 is 0 Å². The number of halogens is 3. The lowest BCUT2D eigenvalue weighted by Crippen LogP contribution is -2.45. The van der Waals surface area contributed by atoms with Crippen LogP contribution in [-0.2, 0) is 6.18 Å². The molecule has 0 saturated carbocycles. The van der Waals surface area contributed by atoms with Gasteiger partial charge in [-0.05, 0) is 29.8 Å². The van der Waals surface area contributed by atoms with Crippen LogP contribution in [0.3, 0.4) is 0 Å². The molecule has 158 valence electrons. The van der Waals surface area contributed by atoms with Crippen LogP contribution in [0.4, 0.5) is 13.2 Å². The normalized spacial score (nSPS) is 16.3. The monoisotopic (exact) mass is 410 g/mol. The van der Waals surface area contributed by atoms with Crippen LogP contribution in [0, 0.1) is 0 Å². The number of nitrogens with zero attached hydrogens (tertiary/aromatic N) is 1. The van der Waals surface area contributed by atoms with Gasteiger partial charge in [0.15, 0.2) is 11.5 Å². The van der Waals surface area contributed by atoms with E-state index in [0.29, 0.717) is 35.9 Å². The molecule has 1 fully saturated rings. The van der Waals surface area contributed by atoms with Gasteiger partial charge in [0.25, 0.3) is 0 Å². The molecule has 5 nitrogen and oxygen atoms in total. The predicted octanol–water partition coefficient (Wildman–Crippen LogP) is 3.73. The molecule has 1 N–H and O–H groups in total. The summed E-state index contributed by atoms with van der Waals surface area (Å²) in [5.74, 6) is 1.36. The number of benzene rings is 2. The molecule has 1 saturated heterocycles. The zero-order chi connectivity index (χ0) is 21.0. The van der Waals surface area contributed by atoms with E-state index in [2.05, 4.69) is 10.2 Å². The Balaban J connectivity index is 2.18. The van der Waals surface area contributed by atoms with Gasteiger partial charge in [0, 0.05) is 31.7 Å². The molecule has 1 atom stereocenters. The van der Waals surface area contributed by atoms with Crippen LogP contribution in [0.5, 0.6) is 17.2 Å². The summed E-state index contributed by atoms with van der Waals surface area (Å²) >= 11 is 0. The molecule has 0 radical (unpaired) electrons. The second-order valence-corrected chi connectivity index (χ2v) is 6.74. The molecule has 3 rings (SSSR count). The summed E-state index contributed by atoms with van der Waals surface area (Å²) in [5.41, 5.74) is 0.605. The number of alkyl halides is 3. The molecule has 1 unspecified atom stereocenters. The van der Waals surface area contributed by atoms with Crippen LogP contribution in [-0.4, -0.2) is 52.4 Å². The lowest BCUT2D eigenvalue weighted by molar-refractivity contribution is -0.137. The molecule has 1 aliphatic heterocycles. The number of nitrogens with one attached hydrogen (secondary N) is 1. The highest BCUT2D eigenvalue weighted by Gasteiger charge is 2.34. The zero-order valence-corrected chi connectivity index (χ0v) is 16.7. The van der Waals surface area contributed by atoms with Crippen LogP contribution in [0.1, 0.15) is 22.7 Å². The predicted molar refractivity (Wildman–Crippen MR) is 104 cm³/mol. The lowest BCUT2D eigenvalue weighted by atomic mass is 9.93. The Bertz CT molecular complexity index is 836. The van der Waals surface area contributed by atoms with E-state index in [1.807, 2.05) is 6.07 Å². The fourth-order valence-electron chi connectivity index (χ4n) is 3.75. The summed E-state index contributed by atoms with van der Waals surface area (Å²) in [5, 5.41) is 3.28. The zero-order valence-electron chi connectivity index (χ0n) is 16.7. The average molecular weight is 410 g/mol. The van der Waals surface area contributed by atoms with Gasteiger partial charge in [-0.25, -0.2) is 0 Å². The van der Waals surface area contributed by atoms with Crippen molar-refractivity contribution in [2.45, 2.75) is 12.2 Å². The summed E-state index contributed by atoms with van der Waals surface area (Å²) < 4.78 is 56.5. The van der Waals surface area contributed by atoms with Crippen molar-refractivity contribution < 1.29 is 27.4 Å². The van der Waals surface area contributed by atoms with E-state index in [9.17, 15) is 13.2 Å². The van der Waals surface area contributed by atoms with Crippen molar-refractivity contribution in [1.82, 2.24) is 10.2 Å². The van der Waals surface area contributed by atoms with Crippen LogP contribution in [0.15, 0.2) is 36.4 Å². The number of ether oxygens (including phenoxy) is 3. The molecule has 0 aromatic heterocycles. The number of hydrogen-bond donors (Lipinski definition) is 1. The molecule has 0 aliphatic carbocycles. The Morgan fingerprint density at radius 3 is 2.21 bits per heavy atom. The van der Waals surface area contributed by atoms with Crippen molar-refractivity contribution in [2.24, 2.45) is 0 Å². The van der Waals surface area contributed by atoms with Gasteiger partial charge in [-0.2, -0.15) is 13.2 Å². The summed E-state index contributed by atoms with van der Waals surface area (Å²) in [7, 11) is 4.55. The molecule has 0 amide bonds. The quantitative estimate of drug-likeness (QED) is 0.786. The largest absolute Gasteiger partial charge is 0.493 e. The van der Waals surface area contributed by atoms with Crippen molar-refractivity contribution >= 4 is 0 Å². The molecule has 0 spiro atoms. The van der Waals surface area contributed by atoms with Gasteiger partial charge < -0.3 is 19.5 Å². The molecular formula is C21H25F3N2O3. The number of methoxy groups -OCH3 is 3. The molecule has 29 heavy (non-hydrogen) atoms. The maximum Gasteiger partial charge on any atom is 0.416 e. The van der Waals surface area contributed by atoms with E-state index in [1.165, 1.54) is 33.5 Å². The second kappa shape index (κ2) is 8.92. The Hall–Kier alpha value is -2.45. The van der Waals surface area contributed by atoms with Gasteiger partial charge in [0.1, 0.15) is 0 Å². The highest BCUT2D eigenvalue weighted by Crippen LogP contribution is 2.45. The van der Waals surface area contributed by atoms with E-state index < -0.39 is 17.8 Å². The number of piperazine rings is 1. The third-order valence-corrected chi connectivity index (χ3v) is 5.08. The first-order valence-electron chi connectivity index (χ1n) is 9.31. The summed E-state index contributed by atoms with van der Waals surface area (Å²) in [6.45, 7) is 2.90. The van der Waals surface area contributed by atoms with Crippen LogP contribution < -0.4 is 19.5 Å². The van der Waals surface area contributed by atoms with Crippen LogP contribution in [0.25, 0.3) is 0 Å². The minimum Gasteiger partial charge on any atom is -0.493 e. The van der Waals surface area contributed by atoms with Crippen LogP contribution in [0.2, 0.25) is 0 Å². The Kier molecular flexibility index (Phi) is 6.54. The Labute approximate surface area is 168 Å². The van der Waals surface area contributed by atoms with E-state index in [0.717, 1.165) is 24.7 Å². The maximum atomic E-state index is 13.4. The molecule has 1 heterocycles. The minimum atomic E-state index is -4.41. The third kappa shape index (κ3) is 4.43. The van der Waals surface area contributed by atoms with Crippen molar-refractivity contribution in [3.8, 4) is 17.2 Å². The summed E-state index contributed by atoms with van der Waals surface area (Å²) in [6.07, 6.45) is -4.41. The Morgan fingerprint density at radius 2 is 1.62 bits per heavy atom. The third-order valence-electron chi connectivity index (χ3n) is 5.08. The number of rotatable bonds is 6. The molecule has 2 aromatic carbocycles. The average Bonchev–Trinajstić information content (AvgIpc) is 2.73. The Morgan fingerprint density at radius 1 is 0.931 bits per heavy atom. The molecular weight excluding hydrogens is 385 g/mol. The van der Waals surface area contributed by atoms with Crippen molar-refractivity contribution in [3.05, 3.63) is 53.1 Å².